The van der Waals surface area contributed by atoms with Gasteiger partial charge in [-0.2, -0.15) is 0 Å². The second kappa shape index (κ2) is 9.03. The van der Waals surface area contributed by atoms with Crippen LogP contribution in [-0.2, 0) is 9.59 Å². The fraction of sp³-hybridized carbons (Fsp3) is 0.926. The summed E-state index contributed by atoms with van der Waals surface area (Å²) in [5, 5.41) is 9.43. The highest BCUT2D eigenvalue weighted by atomic mass is 32.2. The summed E-state index contributed by atoms with van der Waals surface area (Å²) < 4.78 is 0. The predicted octanol–water partition coefficient (Wildman–Crippen LogP) is 7.04. The van der Waals surface area contributed by atoms with Gasteiger partial charge >= 0.3 is 5.97 Å². The van der Waals surface area contributed by atoms with Gasteiger partial charge in [-0.15, -0.1) is 0 Å². The molecule has 0 aromatic heterocycles. The van der Waals surface area contributed by atoms with Crippen molar-refractivity contribution in [3.8, 4) is 0 Å². The molecular weight excluding hydrogens is 404 g/mol. The van der Waals surface area contributed by atoms with Crippen molar-refractivity contribution in [1.82, 2.24) is 0 Å². The number of hydrogen-bond donors (Lipinski definition) is 1. The summed E-state index contributed by atoms with van der Waals surface area (Å²) in [5.41, 5.74) is 0.937. The number of carboxylic acid groups (broad SMARTS) is 1. The van der Waals surface area contributed by atoms with Crippen molar-refractivity contribution in [3.63, 3.8) is 0 Å². The molecule has 4 heteroatoms. The van der Waals surface area contributed by atoms with E-state index in [0.717, 1.165) is 41.8 Å². The topological polar surface area (TPSA) is 54.4 Å². The fourth-order valence-corrected chi connectivity index (χ4v) is 10.0. The number of hydrogen-bond acceptors (Lipinski definition) is 3. The minimum atomic E-state index is -0.640. The van der Waals surface area contributed by atoms with Crippen LogP contribution in [0.2, 0.25) is 0 Å². The summed E-state index contributed by atoms with van der Waals surface area (Å²) in [6.45, 7) is 9.24. The van der Waals surface area contributed by atoms with Gasteiger partial charge in [0.25, 0.3) is 0 Å². The molecule has 3 nitrogen and oxygen atoms in total. The Morgan fingerprint density at radius 2 is 1.71 bits per heavy atom. The highest BCUT2D eigenvalue weighted by Crippen LogP contribution is 2.68. The first kappa shape index (κ1) is 23.6. The number of thioether (sulfide) groups is 1. The molecule has 31 heavy (non-hydrogen) atoms. The molecule has 176 valence electrons. The first-order valence-corrected chi connectivity index (χ1v) is 14.0. The lowest BCUT2D eigenvalue weighted by atomic mass is 9.44. The Bertz CT molecular complexity index is 692. The number of aliphatic carboxylic acids is 1. The van der Waals surface area contributed by atoms with Crippen LogP contribution in [-0.4, -0.2) is 21.9 Å². The molecule has 0 amide bonds. The van der Waals surface area contributed by atoms with E-state index in [2.05, 4.69) is 20.8 Å². The summed E-state index contributed by atoms with van der Waals surface area (Å²) in [6, 6.07) is 0. The fourth-order valence-electron chi connectivity index (χ4n) is 9.26. The second-order valence-electron chi connectivity index (χ2n) is 12.2. The highest BCUT2D eigenvalue weighted by Gasteiger charge is 2.60. The van der Waals surface area contributed by atoms with Crippen LogP contribution in [0.5, 0.6) is 0 Å². The van der Waals surface area contributed by atoms with Gasteiger partial charge in [0.15, 0.2) is 5.12 Å². The Kier molecular flexibility index (Phi) is 6.89. The molecule has 0 aromatic carbocycles. The Labute approximate surface area is 193 Å². The molecule has 4 rings (SSSR count). The van der Waals surface area contributed by atoms with Crippen molar-refractivity contribution in [1.29, 1.82) is 0 Å². The average molecular weight is 449 g/mol. The zero-order valence-corrected chi connectivity index (χ0v) is 21.0. The van der Waals surface area contributed by atoms with E-state index in [1.165, 1.54) is 57.8 Å². The lowest BCUT2D eigenvalue weighted by Gasteiger charge is -2.61. The third-order valence-corrected chi connectivity index (χ3v) is 11.9. The lowest BCUT2D eigenvalue weighted by Crippen LogP contribution is -2.53. The minimum Gasteiger partial charge on any atom is -0.481 e. The zero-order chi connectivity index (χ0) is 22.4. The smallest absolute Gasteiger partial charge is 0.303 e. The third-order valence-electron chi connectivity index (χ3n) is 10.9. The monoisotopic (exact) mass is 448 g/mol. The molecule has 0 bridgehead atoms. The zero-order valence-electron chi connectivity index (χ0n) is 20.2. The number of carbonyl (C=O) groups is 2. The van der Waals surface area contributed by atoms with E-state index in [0.29, 0.717) is 29.1 Å². The van der Waals surface area contributed by atoms with E-state index in [1.807, 2.05) is 0 Å². The SMILES string of the molecule is CC(=O)SCC1CC[C@]2(C)C3CC[C@]4(C)C(C(C)CCC(=O)O)CCC4[C@@H]3CC[C@@H]2C1. The normalized spacial score (nSPS) is 45.3. The summed E-state index contributed by atoms with van der Waals surface area (Å²) in [6.07, 6.45) is 13.4. The Morgan fingerprint density at radius 3 is 2.42 bits per heavy atom. The van der Waals surface area contributed by atoms with Crippen LogP contribution in [0.15, 0.2) is 0 Å². The molecule has 0 saturated heterocycles. The maximum Gasteiger partial charge on any atom is 0.303 e. The van der Waals surface area contributed by atoms with Crippen LogP contribution in [0.3, 0.4) is 0 Å². The van der Waals surface area contributed by atoms with Crippen LogP contribution in [0.25, 0.3) is 0 Å². The predicted molar refractivity (Wildman–Crippen MR) is 128 cm³/mol. The molecule has 9 atom stereocenters. The van der Waals surface area contributed by atoms with Crippen molar-refractivity contribution in [3.05, 3.63) is 0 Å². The Balaban J connectivity index is 1.44. The van der Waals surface area contributed by atoms with E-state index in [9.17, 15) is 9.59 Å². The van der Waals surface area contributed by atoms with Gasteiger partial charge in [0.05, 0.1) is 0 Å². The first-order valence-electron chi connectivity index (χ1n) is 13.0. The van der Waals surface area contributed by atoms with Gasteiger partial charge in [0, 0.05) is 19.1 Å². The van der Waals surface area contributed by atoms with Crippen molar-refractivity contribution >= 4 is 22.8 Å². The molecule has 4 aliphatic carbocycles. The summed E-state index contributed by atoms with van der Waals surface area (Å²) in [5.74, 6) is 5.86. The molecule has 5 unspecified atom stereocenters. The van der Waals surface area contributed by atoms with Crippen LogP contribution in [0.1, 0.15) is 98.3 Å². The average Bonchev–Trinajstić information content (AvgIpc) is 3.07. The van der Waals surface area contributed by atoms with E-state index in [1.54, 1.807) is 18.7 Å². The van der Waals surface area contributed by atoms with Crippen molar-refractivity contribution in [2.24, 2.45) is 52.3 Å². The van der Waals surface area contributed by atoms with E-state index in [-0.39, 0.29) is 5.12 Å². The molecule has 4 fully saturated rings. The lowest BCUT2D eigenvalue weighted by molar-refractivity contribution is -0.138. The maximum absolute atomic E-state index is 11.4. The standard InChI is InChI=1S/C27H44O3S/c1-17(5-10-25(29)30)22-8-9-23-21-7-6-20-15-19(16-31-18(2)28)11-13-26(20,3)24(21)12-14-27(22,23)4/h17,19-24H,5-16H2,1-4H3,(H,29,30)/t17?,19?,20-,21+,22?,23?,24?,26+,27-/m1/s1. The molecule has 0 spiro atoms. The van der Waals surface area contributed by atoms with Gasteiger partial charge in [-0.1, -0.05) is 32.5 Å². The van der Waals surface area contributed by atoms with Crippen molar-refractivity contribution in [2.45, 2.75) is 98.3 Å². The van der Waals surface area contributed by atoms with Crippen LogP contribution < -0.4 is 0 Å². The molecule has 0 heterocycles. The minimum absolute atomic E-state index is 0.275. The second-order valence-corrected chi connectivity index (χ2v) is 13.4. The quantitative estimate of drug-likeness (QED) is 0.473. The van der Waals surface area contributed by atoms with Crippen LogP contribution in [0, 0.1) is 52.3 Å². The molecular formula is C27H44O3S. The number of carbonyl (C=O) groups excluding carboxylic acids is 1. The van der Waals surface area contributed by atoms with Gasteiger partial charge < -0.3 is 5.11 Å². The van der Waals surface area contributed by atoms with Crippen LogP contribution >= 0.6 is 11.8 Å². The van der Waals surface area contributed by atoms with Crippen molar-refractivity contribution in [2.75, 3.05) is 5.75 Å². The largest absolute Gasteiger partial charge is 0.481 e. The molecule has 0 aromatic rings. The van der Waals surface area contributed by atoms with E-state index >= 15 is 0 Å². The molecule has 0 aliphatic heterocycles. The number of rotatable bonds is 6. The number of carboxylic acids is 1. The third kappa shape index (κ3) is 4.36. The molecule has 4 aliphatic rings. The molecule has 0 radical (unpaired) electrons. The van der Waals surface area contributed by atoms with Gasteiger partial charge in [-0.3, -0.25) is 9.59 Å². The highest BCUT2D eigenvalue weighted by molar-refractivity contribution is 8.13. The maximum atomic E-state index is 11.4. The van der Waals surface area contributed by atoms with Gasteiger partial charge in [0.1, 0.15) is 0 Å². The van der Waals surface area contributed by atoms with Crippen molar-refractivity contribution < 1.29 is 14.7 Å². The molecule has 4 saturated carbocycles. The molecule has 1 N–H and O–H groups in total. The summed E-state index contributed by atoms with van der Waals surface area (Å²) in [4.78, 5) is 22.6. The van der Waals surface area contributed by atoms with Crippen LogP contribution in [0.4, 0.5) is 0 Å². The summed E-state index contributed by atoms with van der Waals surface area (Å²) >= 11 is 1.54. The van der Waals surface area contributed by atoms with Gasteiger partial charge in [-0.25, -0.2) is 0 Å². The van der Waals surface area contributed by atoms with Gasteiger partial charge in [0.2, 0.25) is 0 Å². The van der Waals surface area contributed by atoms with E-state index in [4.69, 9.17) is 5.11 Å². The summed E-state index contributed by atoms with van der Waals surface area (Å²) in [7, 11) is 0. The van der Waals surface area contributed by atoms with E-state index < -0.39 is 5.97 Å². The van der Waals surface area contributed by atoms with Gasteiger partial charge in [-0.05, 0) is 116 Å². The Morgan fingerprint density at radius 1 is 1.00 bits per heavy atom. The number of fused-ring (bicyclic) bond motifs is 5. The first-order chi connectivity index (χ1) is 14.6. The Hall–Kier alpha value is -0.510.